The van der Waals surface area contributed by atoms with Gasteiger partial charge in [-0.05, 0) is 32.9 Å². The molecule has 0 unspecified atom stereocenters. The van der Waals surface area contributed by atoms with Crippen molar-refractivity contribution in [2.75, 3.05) is 6.61 Å². The Balaban J connectivity index is 2.46. The third-order valence-corrected chi connectivity index (χ3v) is 2.51. The molecule has 0 saturated heterocycles. The van der Waals surface area contributed by atoms with Gasteiger partial charge in [0.15, 0.2) is 5.76 Å². The van der Waals surface area contributed by atoms with Gasteiger partial charge in [-0.1, -0.05) is 0 Å². The van der Waals surface area contributed by atoms with E-state index in [4.69, 9.17) is 9.15 Å². The maximum Gasteiger partial charge on any atom is 0.342 e. The van der Waals surface area contributed by atoms with Crippen LogP contribution in [0.3, 0.4) is 0 Å². The van der Waals surface area contributed by atoms with E-state index in [0.29, 0.717) is 23.6 Å². The molecule has 5 nitrogen and oxygen atoms in total. The summed E-state index contributed by atoms with van der Waals surface area (Å²) in [6.45, 7) is 6.10. The summed E-state index contributed by atoms with van der Waals surface area (Å²) >= 11 is 0. The Labute approximate surface area is 105 Å². The van der Waals surface area contributed by atoms with Gasteiger partial charge in [0.25, 0.3) is 0 Å². The highest BCUT2D eigenvalue weighted by molar-refractivity contribution is 5.95. The van der Waals surface area contributed by atoms with Crippen LogP contribution >= 0.6 is 0 Å². The summed E-state index contributed by atoms with van der Waals surface area (Å²) in [7, 11) is 0. The molecule has 18 heavy (non-hydrogen) atoms. The van der Waals surface area contributed by atoms with E-state index in [-0.39, 0.29) is 12.0 Å². The fraction of sp³-hybridized carbons (Fsp3) is 0.385. The number of esters is 1. The summed E-state index contributed by atoms with van der Waals surface area (Å²) < 4.78 is 12.1. The molecule has 0 spiro atoms. The van der Waals surface area contributed by atoms with Crippen LogP contribution in [0.4, 0.5) is 0 Å². The molecule has 0 N–H and O–H groups in total. The van der Waals surface area contributed by atoms with Crippen molar-refractivity contribution >= 4 is 5.97 Å². The average Bonchev–Trinajstić information content (AvgIpc) is 2.98. The van der Waals surface area contributed by atoms with Crippen LogP contribution in [0, 0.1) is 0 Å². The number of rotatable bonds is 4. The van der Waals surface area contributed by atoms with Crippen molar-refractivity contribution in [3.8, 4) is 11.5 Å². The summed E-state index contributed by atoms with van der Waals surface area (Å²) in [5.41, 5.74) is 0.952. The lowest BCUT2D eigenvalue weighted by molar-refractivity contribution is 0.0527. The minimum absolute atomic E-state index is 0.168. The van der Waals surface area contributed by atoms with Crippen molar-refractivity contribution in [3.63, 3.8) is 0 Å². The van der Waals surface area contributed by atoms with Gasteiger partial charge >= 0.3 is 5.97 Å². The number of ether oxygens (including phenoxy) is 1. The minimum atomic E-state index is -0.379. The number of carbonyl (C=O) groups is 1. The third-order valence-electron chi connectivity index (χ3n) is 2.51. The highest BCUT2D eigenvalue weighted by Gasteiger charge is 2.21. The zero-order valence-corrected chi connectivity index (χ0v) is 10.7. The van der Waals surface area contributed by atoms with Crippen LogP contribution < -0.4 is 0 Å². The molecule has 0 aromatic carbocycles. The van der Waals surface area contributed by atoms with E-state index in [2.05, 4.69) is 5.10 Å². The van der Waals surface area contributed by atoms with Gasteiger partial charge in [-0.25, -0.2) is 4.79 Å². The summed E-state index contributed by atoms with van der Waals surface area (Å²) in [4.78, 5) is 11.9. The van der Waals surface area contributed by atoms with Gasteiger partial charge in [0.2, 0.25) is 0 Å². The first-order chi connectivity index (χ1) is 8.63. The zero-order valence-electron chi connectivity index (χ0n) is 10.7. The van der Waals surface area contributed by atoms with E-state index in [0.717, 1.165) is 0 Å². The molecule has 0 saturated carbocycles. The Morgan fingerprint density at radius 1 is 1.56 bits per heavy atom. The molecule has 0 atom stereocenters. The maximum absolute atomic E-state index is 11.9. The quantitative estimate of drug-likeness (QED) is 0.780. The monoisotopic (exact) mass is 248 g/mol. The van der Waals surface area contributed by atoms with Crippen LogP contribution in [0.25, 0.3) is 11.5 Å². The van der Waals surface area contributed by atoms with E-state index in [9.17, 15) is 4.79 Å². The second-order valence-corrected chi connectivity index (χ2v) is 4.16. The summed E-state index contributed by atoms with van der Waals surface area (Å²) in [5.74, 6) is 0.188. The van der Waals surface area contributed by atoms with E-state index in [1.165, 1.54) is 0 Å². The lowest BCUT2D eigenvalue weighted by Crippen LogP contribution is -2.05. The summed E-state index contributed by atoms with van der Waals surface area (Å²) in [5, 5.41) is 4.38. The Bertz CT molecular complexity index is 526. The molecule has 2 aromatic rings. The molecule has 2 aromatic heterocycles. The number of furan rings is 1. The van der Waals surface area contributed by atoms with Crippen LogP contribution in [0.2, 0.25) is 0 Å². The molecule has 0 aliphatic rings. The Hall–Kier alpha value is -2.04. The Morgan fingerprint density at radius 2 is 2.33 bits per heavy atom. The van der Waals surface area contributed by atoms with E-state index >= 15 is 0 Å². The molecule has 0 amide bonds. The molecule has 0 aliphatic carbocycles. The highest BCUT2D eigenvalue weighted by Crippen LogP contribution is 2.24. The number of nitrogens with zero attached hydrogens (tertiary/aromatic N) is 2. The fourth-order valence-electron chi connectivity index (χ4n) is 1.61. The van der Waals surface area contributed by atoms with Crippen LogP contribution in [0.15, 0.2) is 29.0 Å². The largest absolute Gasteiger partial charge is 0.463 e. The first-order valence-electron chi connectivity index (χ1n) is 5.93. The van der Waals surface area contributed by atoms with Crippen molar-refractivity contribution in [2.45, 2.75) is 26.8 Å². The van der Waals surface area contributed by atoms with Crippen LogP contribution in [0.5, 0.6) is 0 Å². The molecule has 2 rings (SSSR count). The average molecular weight is 248 g/mol. The van der Waals surface area contributed by atoms with Crippen molar-refractivity contribution < 1.29 is 13.9 Å². The first-order valence-corrected chi connectivity index (χ1v) is 5.93. The Morgan fingerprint density at radius 3 is 2.89 bits per heavy atom. The first kappa shape index (κ1) is 12.4. The van der Waals surface area contributed by atoms with E-state index in [1.54, 1.807) is 36.2 Å². The van der Waals surface area contributed by atoms with Crippen LogP contribution in [-0.2, 0) is 4.74 Å². The molecule has 0 radical (unpaired) electrons. The standard InChI is InChI=1S/C13H16N2O3/c1-4-17-13(16)10-8-15(9(2)3)14-12(10)11-6-5-7-18-11/h5-9H,4H2,1-3H3. The second kappa shape index (κ2) is 5.08. The number of carbonyl (C=O) groups excluding carboxylic acids is 1. The summed E-state index contributed by atoms with van der Waals surface area (Å²) in [6.07, 6.45) is 3.25. The van der Waals surface area contributed by atoms with Gasteiger partial charge in [-0.3, -0.25) is 4.68 Å². The smallest absolute Gasteiger partial charge is 0.342 e. The van der Waals surface area contributed by atoms with Gasteiger partial charge in [0.1, 0.15) is 11.3 Å². The molecule has 0 fully saturated rings. The van der Waals surface area contributed by atoms with Gasteiger partial charge in [0.05, 0.1) is 12.9 Å². The lowest BCUT2D eigenvalue weighted by Gasteiger charge is -2.02. The molecule has 5 heteroatoms. The van der Waals surface area contributed by atoms with Crippen molar-refractivity contribution in [1.29, 1.82) is 0 Å². The van der Waals surface area contributed by atoms with Crippen molar-refractivity contribution in [1.82, 2.24) is 9.78 Å². The maximum atomic E-state index is 11.9. The predicted octanol–water partition coefficient (Wildman–Crippen LogP) is 2.90. The SMILES string of the molecule is CCOC(=O)c1cn(C(C)C)nc1-c1ccco1. The van der Waals surface area contributed by atoms with Gasteiger partial charge in [-0.2, -0.15) is 5.10 Å². The summed E-state index contributed by atoms with van der Waals surface area (Å²) in [6, 6.07) is 3.70. The van der Waals surface area contributed by atoms with Crippen LogP contribution in [-0.4, -0.2) is 22.4 Å². The zero-order chi connectivity index (χ0) is 13.1. The molecule has 0 aliphatic heterocycles. The number of hydrogen-bond acceptors (Lipinski definition) is 4. The van der Waals surface area contributed by atoms with Gasteiger partial charge in [0, 0.05) is 12.2 Å². The van der Waals surface area contributed by atoms with Gasteiger partial charge < -0.3 is 9.15 Å². The minimum Gasteiger partial charge on any atom is -0.463 e. The topological polar surface area (TPSA) is 57.3 Å². The third kappa shape index (κ3) is 2.30. The molecule has 0 bridgehead atoms. The normalized spacial score (nSPS) is 10.9. The van der Waals surface area contributed by atoms with E-state index in [1.807, 2.05) is 13.8 Å². The molecule has 96 valence electrons. The van der Waals surface area contributed by atoms with E-state index < -0.39 is 0 Å². The number of aromatic nitrogens is 2. The fourth-order valence-corrected chi connectivity index (χ4v) is 1.61. The Kier molecular flexibility index (Phi) is 3.50. The molecular weight excluding hydrogens is 232 g/mol. The lowest BCUT2D eigenvalue weighted by atomic mass is 10.2. The predicted molar refractivity (Wildman–Crippen MR) is 66.3 cm³/mol. The second-order valence-electron chi connectivity index (χ2n) is 4.16. The molecule has 2 heterocycles. The van der Waals surface area contributed by atoms with Gasteiger partial charge in [-0.15, -0.1) is 0 Å². The van der Waals surface area contributed by atoms with Crippen molar-refractivity contribution in [3.05, 3.63) is 30.2 Å². The molecular formula is C13H16N2O3. The highest BCUT2D eigenvalue weighted by atomic mass is 16.5. The number of hydrogen-bond donors (Lipinski definition) is 0. The van der Waals surface area contributed by atoms with Crippen molar-refractivity contribution in [2.24, 2.45) is 0 Å². The van der Waals surface area contributed by atoms with Crippen LogP contribution in [0.1, 0.15) is 37.2 Å².